The lowest BCUT2D eigenvalue weighted by Gasteiger charge is -2.26. The predicted octanol–water partition coefficient (Wildman–Crippen LogP) is 6.11. The Balaban J connectivity index is 1.19. The van der Waals surface area contributed by atoms with Crippen LogP contribution in [0.4, 0.5) is 30.5 Å². The van der Waals surface area contributed by atoms with Crippen molar-refractivity contribution in [1.29, 1.82) is 0 Å². The number of benzene rings is 3. The fourth-order valence-corrected chi connectivity index (χ4v) is 5.29. The third kappa shape index (κ3) is 7.74. The van der Waals surface area contributed by atoms with Crippen LogP contribution in [0.1, 0.15) is 11.1 Å². The molecule has 3 aromatic carbocycles. The molecule has 13 heteroatoms. The number of fused-ring (bicyclic) bond motifs is 1. The van der Waals surface area contributed by atoms with Crippen LogP contribution in [0.15, 0.2) is 85.1 Å². The van der Waals surface area contributed by atoms with E-state index in [9.17, 15) is 13.2 Å². The summed E-state index contributed by atoms with van der Waals surface area (Å²) in [7, 11) is 0. The molecule has 2 aromatic heterocycles. The van der Waals surface area contributed by atoms with Gasteiger partial charge in [-0.2, -0.15) is 23.3 Å². The molecule has 9 nitrogen and oxygen atoms in total. The molecular formula is C32H31F3N8OS. The lowest BCUT2D eigenvalue weighted by Crippen LogP contribution is -2.39. The van der Waals surface area contributed by atoms with Crippen LogP contribution in [-0.4, -0.2) is 69.2 Å². The number of nitrogens with zero attached hydrogens (tertiary/aromatic N) is 5. The van der Waals surface area contributed by atoms with Gasteiger partial charge >= 0.3 is 6.18 Å². The molecule has 0 bridgehead atoms. The van der Waals surface area contributed by atoms with Crippen molar-refractivity contribution in [3.8, 4) is 11.3 Å². The number of nitrogens with one attached hydrogen (secondary N) is 3. The van der Waals surface area contributed by atoms with Crippen LogP contribution in [0, 0.1) is 0 Å². The van der Waals surface area contributed by atoms with Gasteiger partial charge in [-0.25, -0.2) is 9.67 Å². The summed E-state index contributed by atoms with van der Waals surface area (Å²) in [4.78, 5) is 11.8. The minimum absolute atomic E-state index is 0.168. The Morgan fingerprint density at radius 1 is 0.911 bits per heavy atom. The van der Waals surface area contributed by atoms with E-state index in [-0.39, 0.29) is 10.8 Å². The lowest BCUT2D eigenvalue weighted by atomic mass is 10.1. The number of rotatable bonds is 9. The van der Waals surface area contributed by atoms with E-state index >= 15 is 0 Å². The van der Waals surface area contributed by atoms with Gasteiger partial charge in [0.1, 0.15) is 5.69 Å². The molecule has 1 aliphatic heterocycles. The zero-order valence-corrected chi connectivity index (χ0v) is 25.0. The van der Waals surface area contributed by atoms with Crippen molar-refractivity contribution in [2.24, 2.45) is 0 Å². The molecule has 45 heavy (non-hydrogen) atoms. The van der Waals surface area contributed by atoms with Crippen LogP contribution in [0.3, 0.4) is 0 Å². The number of thiocarbonyl (C=S) groups is 1. The summed E-state index contributed by atoms with van der Waals surface area (Å²) in [5, 5.41) is 15.1. The monoisotopic (exact) mass is 632 g/mol. The fourth-order valence-electron chi connectivity index (χ4n) is 5.05. The van der Waals surface area contributed by atoms with Crippen LogP contribution < -0.4 is 16.0 Å². The van der Waals surface area contributed by atoms with Crippen LogP contribution in [0.2, 0.25) is 0 Å². The van der Waals surface area contributed by atoms with Gasteiger partial charge in [0.15, 0.2) is 10.8 Å². The second-order valence-corrected chi connectivity index (χ2v) is 10.9. The quantitative estimate of drug-likeness (QED) is 0.167. The summed E-state index contributed by atoms with van der Waals surface area (Å²) in [6.07, 6.45) is -2.64. The maximum absolute atomic E-state index is 13.1. The number of aromatic nitrogens is 4. The smallest absolute Gasteiger partial charge is 0.379 e. The Hall–Kier alpha value is -4.59. The maximum atomic E-state index is 13.1. The molecule has 0 aliphatic carbocycles. The van der Waals surface area contributed by atoms with Crippen LogP contribution in [0.5, 0.6) is 0 Å². The van der Waals surface area contributed by atoms with Crippen LogP contribution >= 0.6 is 12.2 Å². The highest BCUT2D eigenvalue weighted by molar-refractivity contribution is 7.80. The van der Waals surface area contributed by atoms with Crippen molar-refractivity contribution in [2.75, 3.05) is 55.3 Å². The van der Waals surface area contributed by atoms with Gasteiger partial charge < -0.3 is 20.7 Å². The zero-order valence-electron chi connectivity index (χ0n) is 24.2. The standard InChI is InChI=1S/C32H31F3N8OS/c33-32(34,35)24-7-4-8-26(19-24)39-31(45)38-25-11-9-23(10-12-25)28-27-20-37-30(36-13-14-42-15-17-44-18-16-42)40-29(27)43(41-28)21-22-5-2-1-3-6-22/h1-12,19-20H,13-18,21H2,(H,36,37,40)(H2,38,39,45). The second kappa shape index (κ2) is 13.6. The third-order valence-corrected chi connectivity index (χ3v) is 7.55. The van der Waals surface area contributed by atoms with E-state index in [0.29, 0.717) is 30.4 Å². The second-order valence-electron chi connectivity index (χ2n) is 10.5. The predicted molar refractivity (Wildman–Crippen MR) is 173 cm³/mol. The summed E-state index contributed by atoms with van der Waals surface area (Å²) in [5.41, 5.74) is 3.55. The molecule has 1 saturated heterocycles. The molecule has 0 amide bonds. The Morgan fingerprint density at radius 3 is 2.42 bits per heavy atom. The highest BCUT2D eigenvalue weighted by Crippen LogP contribution is 2.31. The average molecular weight is 633 g/mol. The molecular weight excluding hydrogens is 601 g/mol. The normalized spacial score (nSPS) is 13.9. The maximum Gasteiger partial charge on any atom is 0.416 e. The van der Waals surface area contributed by atoms with Gasteiger partial charge in [0.2, 0.25) is 5.95 Å². The largest absolute Gasteiger partial charge is 0.416 e. The van der Waals surface area contributed by atoms with Gasteiger partial charge in [-0.3, -0.25) is 4.90 Å². The minimum Gasteiger partial charge on any atom is -0.379 e. The highest BCUT2D eigenvalue weighted by atomic mass is 32.1. The van der Waals surface area contributed by atoms with E-state index in [4.69, 9.17) is 27.0 Å². The number of morpholine rings is 1. The Kier molecular flexibility index (Phi) is 9.19. The van der Waals surface area contributed by atoms with Gasteiger partial charge in [-0.05, 0) is 48.1 Å². The van der Waals surface area contributed by atoms with Crippen molar-refractivity contribution < 1.29 is 17.9 Å². The Morgan fingerprint density at radius 2 is 1.67 bits per heavy atom. The van der Waals surface area contributed by atoms with Gasteiger partial charge in [-0.1, -0.05) is 48.5 Å². The molecule has 0 radical (unpaired) electrons. The molecule has 0 atom stereocenters. The first-order valence-corrected chi connectivity index (χ1v) is 14.9. The lowest BCUT2D eigenvalue weighted by molar-refractivity contribution is -0.137. The zero-order chi connectivity index (χ0) is 31.2. The molecule has 0 unspecified atom stereocenters. The van der Waals surface area contributed by atoms with Gasteiger partial charge in [0, 0.05) is 49.3 Å². The molecule has 1 aliphatic rings. The molecule has 5 aromatic rings. The molecule has 3 heterocycles. The van der Waals surface area contributed by atoms with E-state index in [1.54, 1.807) is 6.20 Å². The summed E-state index contributed by atoms with van der Waals surface area (Å²) in [6, 6.07) is 22.4. The first kappa shape index (κ1) is 30.4. The molecule has 6 rings (SSSR count). The van der Waals surface area contributed by atoms with Gasteiger partial charge in [-0.15, -0.1) is 0 Å². The van der Waals surface area contributed by atoms with E-state index in [2.05, 4.69) is 25.8 Å². The fraction of sp³-hybridized carbons (Fsp3) is 0.250. The van der Waals surface area contributed by atoms with Crippen LogP contribution in [-0.2, 0) is 17.5 Å². The van der Waals surface area contributed by atoms with E-state index in [1.165, 1.54) is 12.1 Å². The number of alkyl halides is 3. The molecule has 1 fully saturated rings. The molecule has 0 spiro atoms. The Labute approximate surface area is 263 Å². The van der Waals surface area contributed by atoms with Crippen molar-refractivity contribution in [2.45, 2.75) is 12.7 Å². The van der Waals surface area contributed by atoms with Gasteiger partial charge in [0.05, 0.1) is 30.7 Å². The number of hydrogen-bond acceptors (Lipinski definition) is 7. The average Bonchev–Trinajstić information content (AvgIpc) is 3.39. The third-order valence-electron chi connectivity index (χ3n) is 7.34. The SMILES string of the molecule is FC(F)(F)c1cccc(NC(=S)Nc2ccc(-c3nn(Cc4ccccc4)c4nc(NCCN5CCOCC5)ncc34)cc2)c1. The summed E-state index contributed by atoms with van der Waals surface area (Å²) >= 11 is 5.34. The van der Waals surface area contributed by atoms with Gasteiger partial charge in [0.25, 0.3) is 0 Å². The van der Waals surface area contributed by atoms with Crippen LogP contribution in [0.25, 0.3) is 22.3 Å². The summed E-state index contributed by atoms with van der Waals surface area (Å²) in [5.74, 6) is 0.540. The minimum atomic E-state index is -4.44. The molecule has 3 N–H and O–H groups in total. The van der Waals surface area contributed by atoms with E-state index in [0.717, 1.165) is 67.2 Å². The van der Waals surface area contributed by atoms with Crippen molar-refractivity contribution in [1.82, 2.24) is 24.6 Å². The van der Waals surface area contributed by atoms with E-state index < -0.39 is 11.7 Å². The molecule has 232 valence electrons. The number of halogens is 3. The number of hydrogen-bond donors (Lipinski definition) is 3. The molecule has 0 saturated carbocycles. The first-order valence-electron chi connectivity index (χ1n) is 14.5. The number of anilines is 3. The first-order chi connectivity index (χ1) is 21.8. The van der Waals surface area contributed by atoms with Crippen molar-refractivity contribution >= 4 is 45.7 Å². The van der Waals surface area contributed by atoms with E-state index in [1.807, 2.05) is 59.3 Å². The number of ether oxygens (including phenoxy) is 1. The van der Waals surface area contributed by atoms with Crippen molar-refractivity contribution in [3.05, 3.63) is 96.2 Å². The topological polar surface area (TPSA) is 92.2 Å². The Bertz CT molecular complexity index is 1760. The summed E-state index contributed by atoms with van der Waals surface area (Å²) in [6.45, 7) is 5.47. The van der Waals surface area contributed by atoms with Crippen molar-refractivity contribution in [3.63, 3.8) is 0 Å². The summed E-state index contributed by atoms with van der Waals surface area (Å²) < 4.78 is 46.5. The highest BCUT2D eigenvalue weighted by Gasteiger charge is 2.30.